The van der Waals surface area contributed by atoms with Gasteiger partial charge in [-0.3, -0.25) is 9.78 Å². The molecule has 1 aromatic heterocycles. The molecule has 0 saturated carbocycles. The van der Waals surface area contributed by atoms with E-state index in [1.165, 1.54) is 11.8 Å². The third kappa shape index (κ3) is 1.57. The van der Waals surface area contributed by atoms with Crippen molar-refractivity contribution < 1.29 is 9.90 Å². The second kappa shape index (κ2) is 3.85. The second-order valence-electron chi connectivity index (χ2n) is 4.14. The third-order valence-corrected chi connectivity index (χ3v) is 4.06. The fourth-order valence-corrected chi connectivity index (χ4v) is 3.13. The Morgan fingerprint density at radius 3 is 3.18 bits per heavy atom. The fourth-order valence-electron chi connectivity index (χ4n) is 2.14. The van der Waals surface area contributed by atoms with Gasteiger partial charge < -0.3 is 10.4 Å². The van der Waals surface area contributed by atoms with Gasteiger partial charge in [-0.05, 0) is 19.1 Å². The van der Waals surface area contributed by atoms with Gasteiger partial charge in [0.15, 0.2) is 0 Å². The van der Waals surface area contributed by atoms with Crippen LogP contribution in [0.15, 0.2) is 22.7 Å². The van der Waals surface area contributed by atoms with Gasteiger partial charge in [0, 0.05) is 23.6 Å². The molecule has 0 amide bonds. The summed E-state index contributed by atoms with van der Waals surface area (Å²) < 4.78 is 0. The lowest BCUT2D eigenvalue weighted by molar-refractivity contribution is 0.101. The van der Waals surface area contributed by atoms with E-state index in [4.69, 9.17) is 0 Å². The van der Waals surface area contributed by atoms with E-state index in [0.717, 1.165) is 18.0 Å². The number of fused-ring (bicyclic) bond motifs is 1. The number of aliphatic hydroxyl groups excluding tert-OH is 1. The number of nitrogens with one attached hydrogen (secondary N) is 1. The van der Waals surface area contributed by atoms with Crippen molar-refractivity contribution in [3.8, 4) is 0 Å². The molecule has 2 N–H and O–H groups in total. The van der Waals surface area contributed by atoms with Gasteiger partial charge in [-0.1, -0.05) is 0 Å². The Hall–Kier alpha value is -1.33. The number of rotatable bonds is 0. The number of nitrogens with zero attached hydrogens (tertiary/aromatic N) is 1. The minimum atomic E-state index is -0.801. The van der Waals surface area contributed by atoms with E-state index in [1.807, 2.05) is 6.92 Å². The average Bonchev–Trinajstić information content (AvgIpc) is 2.36. The fraction of sp³-hybridized carbons (Fsp3) is 0.333. The maximum absolute atomic E-state index is 12.2. The maximum Gasteiger partial charge on any atom is 0.203 e. The zero-order valence-corrected chi connectivity index (χ0v) is 10.2. The quantitative estimate of drug-likeness (QED) is 0.721. The smallest absolute Gasteiger partial charge is 0.203 e. The van der Waals surface area contributed by atoms with E-state index in [0.29, 0.717) is 21.9 Å². The van der Waals surface area contributed by atoms with Crippen LogP contribution in [-0.2, 0) is 0 Å². The molecule has 88 valence electrons. The summed E-state index contributed by atoms with van der Waals surface area (Å²) in [4.78, 5) is 17.2. The van der Waals surface area contributed by atoms with E-state index in [2.05, 4.69) is 10.3 Å². The van der Waals surface area contributed by atoms with Crippen molar-refractivity contribution in [2.45, 2.75) is 13.0 Å². The number of hydrogen-bond donors (Lipinski definition) is 2. The van der Waals surface area contributed by atoms with Crippen LogP contribution in [0.25, 0.3) is 0 Å². The first-order valence-corrected chi connectivity index (χ1v) is 6.48. The van der Waals surface area contributed by atoms with Crippen LogP contribution in [-0.4, -0.2) is 28.2 Å². The Morgan fingerprint density at radius 2 is 2.35 bits per heavy atom. The minimum absolute atomic E-state index is 0.0231. The van der Waals surface area contributed by atoms with Crippen molar-refractivity contribution in [2.24, 2.45) is 0 Å². The molecule has 5 heteroatoms. The number of carbonyl (C=O) groups is 1. The lowest BCUT2D eigenvalue weighted by atomic mass is 9.95. The molecule has 0 bridgehead atoms. The van der Waals surface area contributed by atoms with Crippen molar-refractivity contribution in [1.29, 1.82) is 0 Å². The van der Waals surface area contributed by atoms with Gasteiger partial charge in [0.1, 0.15) is 6.10 Å². The van der Waals surface area contributed by atoms with Crippen LogP contribution in [0, 0.1) is 6.92 Å². The van der Waals surface area contributed by atoms with Gasteiger partial charge in [-0.2, -0.15) is 0 Å². The summed E-state index contributed by atoms with van der Waals surface area (Å²) in [6.07, 6.45) is -0.801. The number of carbonyl (C=O) groups excluding carboxylic acids is 1. The van der Waals surface area contributed by atoms with Crippen molar-refractivity contribution in [2.75, 3.05) is 12.3 Å². The number of Topliss-reactive ketones (excluding diaryl/α,β-unsaturated/α-hetero) is 1. The summed E-state index contributed by atoms with van der Waals surface area (Å²) in [5, 5.41) is 13.4. The average molecular weight is 248 g/mol. The van der Waals surface area contributed by atoms with Crippen molar-refractivity contribution >= 4 is 17.5 Å². The molecule has 1 aromatic rings. The predicted molar refractivity (Wildman–Crippen MR) is 65.8 cm³/mol. The van der Waals surface area contributed by atoms with Crippen LogP contribution in [0.5, 0.6) is 0 Å². The molecule has 1 unspecified atom stereocenters. The molecule has 0 spiro atoms. The van der Waals surface area contributed by atoms with Gasteiger partial charge in [-0.15, -0.1) is 11.8 Å². The molecule has 4 nitrogen and oxygen atoms in total. The zero-order valence-electron chi connectivity index (χ0n) is 9.36. The summed E-state index contributed by atoms with van der Waals surface area (Å²) in [5.74, 6) is 0.830. The van der Waals surface area contributed by atoms with E-state index in [9.17, 15) is 9.90 Å². The number of ketones is 1. The number of allylic oxidation sites excluding steroid dienone is 1. The highest BCUT2D eigenvalue weighted by molar-refractivity contribution is 8.04. The van der Waals surface area contributed by atoms with Crippen LogP contribution in [0.3, 0.4) is 0 Å². The monoisotopic (exact) mass is 248 g/mol. The molecule has 2 aliphatic rings. The summed E-state index contributed by atoms with van der Waals surface area (Å²) >= 11 is 1.51. The highest BCUT2D eigenvalue weighted by Crippen LogP contribution is 2.38. The molecule has 0 radical (unpaired) electrons. The molecule has 0 fully saturated rings. The molecule has 0 saturated heterocycles. The molecule has 0 aromatic carbocycles. The van der Waals surface area contributed by atoms with Crippen LogP contribution in [0.4, 0.5) is 0 Å². The summed E-state index contributed by atoms with van der Waals surface area (Å²) in [5.41, 5.74) is 2.43. The van der Waals surface area contributed by atoms with E-state index in [-0.39, 0.29) is 5.78 Å². The predicted octanol–water partition coefficient (Wildman–Crippen LogP) is 1.17. The number of pyridine rings is 1. The Morgan fingerprint density at radius 1 is 1.53 bits per heavy atom. The van der Waals surface area contributed by atoms with Crippen LogP contribution in [0.1, 0.15) is 27.8 Å². The van der Waals surface area contributed by atoms with Crippen LogP contribution < -0.4 is 5.32 Å². The molecule has 2 heterocycles. The van der Waals surface area contributed by atoms with Gasteiger partial charge in [-0.25, -0.2) is 0 Å². The molecule has 1 atom stereocenters. The molecule has 17 heavy (non-hydrogen) atoms. The Kier molecular flexibility index (Phi) is 2.45. The summed E-state index contributed by atoms with van der Waals surface area (Å²) in [6, 6.07) is 3.55. The highest BCUT2D eigenvalue weighted by atomic mass is 32.2. The largest absolute Gasteiger partial charge is 0.384 e. The highest BCUT2D eigenvalue weighted by Gasteiger charge is 2.35. The molecular weight excluding hydrogens is 236 g/mol. The van der Waals surface area contributed by atoms with Crippen molar-refractivity contribution in [3.05, 3.63) is 39.7 Å². The van der Waals surface area contributed by atoms with Gasteiger partial charge in [0.2, 0.25) is 5.78 Å². The first kappa shape index (κ1) is 10.8. The number of thioether (sulfide) groups is 1. The lowest BCUT2D eigenvalue weighted by Crippen LogP contribution is -2.33. The van der Waals surface area contributed by atoms with Gasteiger partial charge in [0.05, 0.1) is 16.3 Å². The van der Waals surface area contributed by atoms with Crippen molar-refractivity contribution in [3.63, 3.8) is 0 Å². The Balaban J connectivity index is 2.18. The lowest BCUT2D eigenvalue weighted by Gasteiger charge is -2.29. The maximum atomic E-state index is 12.2. The number of aromatic nitrogens is 1. The minimum Gasteiger partial charge on any atom is -0.384 e. The number of aliphatic hydroxyl groups is 1. The standard InChI is InChI=1S/C12H12N2O2S/c1-6-2-3-7-8(14-6)11(16)9-12(10(7)15)17-5-4-13-9/h2-3,11,13,16H,4-5H2,1H3. The van der Waals surface area contributed by atoms with Gasteiger partial charge >= 0.3 is 0 Å². The Bertz CT molecular complexity index is 539. The number of aryl methyl sites for hydroxylation is 1. The molecule has 3 rings (SSSR count). The SMILES string of the molecule is Cc1ccc2c(n1)C(O)C1=C(SCCN1)C2=O. The van der Waals surface area contributed by atoms with E-state index < -0.39 is 6.10 Å². The molecule has 1 aliphatic heterocycles. The van der Waals surface area contributed by atoms with Crippen LogP contribution in [0.2, 0.25) is 0 Å². The molecular formula is C12H12N2O2S. The zero-order chi connectivity index (χ0) is 12.0. The third-order valence-electron chi connectivity index (χ3n) is 2.96. The topological polar surface area (TPSA) is 62.2 Å². The first-order valence-electron chi connectivity index (χ1n) is 5.49. The van der Waals surface area contributed by atoms with Crippen LogP contribution >= 0.6 is 11.8 Å². The van der Waals surface area contributed by atoms with E-state index in [1.54, 1.807) is 12.1 Å². The second-order valence-corrected chi connectivity index (χ2v) is 5.24. The van der Waals surface area contributed by atoms with Gasteiger partial charge in [0.25, 0.3) is 0 Å². The van der Waals surface area contributed by atoms with Crippen molar-refractivity contribution in [1.82, 2.24) is 10.3 Å². The normalized spacial score (nSPS) is 22.9. The molecule has 1 aliphatic carbocycles. The summed E-state index contributed by atoms with van der Waals surface area (Å²) in [7, 11) is 0. The Labute approximate surface area is 103 Å². The number of hydrogen-bond acceptors (Lipinski definition) is 5. The van der Waals surface area contributed by atoms with E-state index >= 15 is 0 Å². The summed E-state index contributed by atoms with van der Waals surface area (Å²) in [6.45, 7) is 2.62. The first-order chi connectivity index (χ1) is 8.18.